The topological polar surface area (TPSA) is 60.7 Å². The summed E-state index contributed by atoms with van der Waals surface area (Å²) in [6, 6.07) is 12.0. The van der Waals surface area contributed by atoms with Crippen molar-refractivity contribution < 1.29 is 4.79 Å². The highest BCUT2D eigenvalue weighted by Gasteiger charge is 2.31. The second-order valence-electron chi connectivity index (χ2n) is 9.76. The van der Waals surface area contributed by atoms with Crippen LogP contribution in [0.4, 0.5) is 11.6 Å². The number of hydrogen-bond acceptors (Lipinski definition) is 6. The van der Waals surface area contributed by atoms with Gasteiger partial charge in [0.1, 0.15) is 5.69 Å². The molecule has 0 N–H and O–H groups in total. The van der Waals surface area contributed by atoms with Crippen LogP contribution in [0.1, 0.15) is 28.7 Å². The van der Waals surface area contributed by atoms with Crippen molar-refractivity contribution in [3.63, 3.8) is 0 Å². The van der Waals surface area contributed by atoms with Gasteiger partial charge in [-0.25, -0.2) is 9.97 Å². The molecule has 0 saturated carbocycles. The fourth-order valence-corrected chi connectivity index (χ4v) is 5.52. The lowest BCUT2D eigenvalue weighted by Gasteiger charge is -2.39. The van der Waals surface area contributed by atoms with Gasteiger partial charge in [-0.15, -0.1) is 0 Å². The first-order chi connectivity index (χ1) is 17.4. The Hall–Kier alpha value is -3.10. The van der Waals surface area contributed by atoms with Gasteiger partial charge in [-0.05, 0) is 43.7 Å². The Morgan fingerprint density at radius 3 is 2.39 bits per heavy atom. The average molecular weight is 508 g/mol. The van der Waals surface area contributed by atoms with Crippen LogP contribution in [0.15, 0.2) is 48.8 Å². The molecule has 1 atom stereocenters. The van der Waals surface area contributed by atoms with Crippen molar-refractivity contribution in [1.82, 2.24) is 24.3 Å². The number of rotatable bonds is 5. The Bertz CT molecular complexity index is 1210. The SMILES string of the molecule is Cc1c(CN2CCN(c3ccccc3Cl)CC2)cc(C(=O)N2CCN(c3ncccn3)C[C@@H]2C)n1C. The second kappa shape index (κ2) is 10.5. The molecule has 2 saturated heterocycles. The maximum Gasteiger partial charge on any atom is 0.270 e. The molecule has 2 aliphatic rings. The first kappa shape index (κ1) is 24.6. The minimum Gasteiger partial charge on any atom is -0.368 e. The van der Waals surface area contributed by atoms with Crippen LogP contribution in [-0.4, -0.2) is 82.1 Å². The summed E-state index contributed by atoms with van der Waals surface area (Å²) in [6.45, 7) is 11.0. The number of para-hydroxylation sites is 1. The molecular formula is C27H34ClN7O. The summed E-state index contributed by atoms with van der Waals surface area (Å²) in [5.74, 6) is 0.819. The molecule has 0 bridgehead atoms. The van der Waals surface area contributed by atoms with E-state index in [9.17, 15) is 4.79 Å². The van der Waals surface area contributed by atoms with E-state index in [0.717, 1.165) is 73.9 Å². The zero-order valence-corrected chi connectivity index (χ0v) is 22.0. The third-order valence-corrected chi connectivity index (χ3v) is 7.86. The van der Waals surface area contributed by atoms with Crippen LogP contribution in [0.5, 0.6) is 0 Å². The molecule has 8 nitrogen and oxygen atoms in total. The Morgan fingerprint density at radius 1 is 1.00 bits per heavy atom. The van der Waals surface area contributed by atoms with E-state index in [4.69, 9.17) is 11.6 Å². The quantitative estimate of drug-likeness (QED) is 0.527. The van der Waals surface area contributed by atoms with Crippen LogP contribution < -0.4 is 9.80 Å². The normalized spacial score (nSPS) is 19.1. The molecule has 36 heavy (non-hydrogen) atoms. The molecule has 2 aliphatic heterocycles. The van der Waals surface area contributed by atoms with Crippen molar-refractivity contribution in [2.45, 2.75) is 26.4 Å². The molecule has 5 rings (SSSR count). The van der Waals surface area contributed by atoms with Gasteiger partial charge in [-0.1, -0.05) is 23.7 Å². The highest BCUT2D eigenvalue weighted by molar-refractivity contribution is 6.33. The summed E-state index contributed by atoms with van der Waals surface area (Å²) in [4.78, 5) is 31.3. The zero-order chi connectivity index (χ0) is 25.2. The van der Waals surface area contributed by atoms with Gasteiger partial charge < -0.3 is 19.3 Å². The number of nitrogens with zero attached hydrogens (tertiary/aromatic N) is 7. The van der Waals surface area contributed by atoms with E-state index in [1.54, 1.807) is 12.4 Å². The van der Waals surface area contributed by atoms with Crippen molar-refractivity contribution in [3.05, 3.63) is 70.8 Å². The number of carbonyl (C=O) groups excluding carboxylic acids is 1. The molecular weight excluding hydrogens is 474 g/mol. The summed E-state index contributed by atoms with van der Waals surface area (Å²) in [5.41, 5.74) is 4.23. The molecule has 2 aromatic heterocycles. The van der Waals surface area contributed by atoms with Gasteiger partial charge in [-0.3, -0.25) is 9.69 Å². The van der Waals surface area contributed by atoms with E-state index in [0.29, 0.717) is 6.54 Å². The minimum atomic E-state index is 0.0756. The van der Waals surface area contributed by atoms with Crippen LogP contribution in [0.3, 0.4) is 0 Å². The Morgan fingerprint density at radius 2 is 1.69 bits per heavy atom. The predicted octanol–water partition coefficient (Wildman–Crippen LogP) is 3.45. The second-order valence-corrected chi connectivity index (χ2v) is 10.2. The lowest BCUT2D eigenvalue weighted by atomic mass is 10.1. The smallest absolute Gasteiger partial charge is 0.270 e. The van der Waals surface area contributed by atoms with Gasteiger partial charge in [0.05, 0.1) is 10.7 Å². The number of carbonyl (C=O) groups is 1. The number of piperazine rings is 2. The summed E-state index contributed by atoms with van der Waals surface area (Å²) in [7, 11) is 2.00. The highest BCUT2D eigenvalue weighted by Crippen LogP contribution is 2.27. The molecule has 1 aromatic carbocycles. The first-order valence-corrected chi connectivity index (χ1v) is 13.0. The molecule has 1 amide bonds. The number of benzene rings is 1. The van der Waals surface area contributed by atoms with Gasteiger partial charge in [0.25, 0.3) is 5.91 Å². The number of halogens is 1. The summed E-state index contributed by atoms with van der Waals surface area (Å²) in [5, 5.41) is 0.805. The summed E-state index contributed by atoms with van der Waals surface area (Å²) >= 11 is 6.40. The van der Waals surface area contributed by atoms with E-state index in [-0.39, 0.29) is 11.9 Å². The molecule has 0 spiro atoms. The Labute approximate surface area is 218 Å². The largest absolute Gasteiger partial charge is 0.368 e. The molecule has 4 heterocycles. The summed E-state index contributed by atoms with van der Waals surface area (Å²) in [6.07, 6.45) is 3.52. The van der Waals surface area contributed by atoms with E-state index in [1.165, 1.54) is 5.56 Å². The standard InChI is InChI=1S/C27H34ClN7O/c1-20-18-34(27-29-9-6-10-30-27)15-16-35(20)26(36)25-17-22(21(2)31(25)3)19-32-11-13-33(14-12-32)24-8-5-4-7-23(24)28/h4-10,17,20H,11-16,18-19H2,1-3H3/t20-/m0/s1. The predicted molar refractivity (Wildman–Crippen MR) is 144 cm³/mol. The van der Waals surface area contributed by atoms with Crippen LogP contribution in [0, 0.1) is 6.92 Å². The van der Waals surface area contributed by atoms with E-state index >= 15 is 0 Å². The van der Waals surface area contributed by atoms with E-state index < -0.39 is 0 Å². The molecule has 2 fully saturated rings. The van der Waals surface area contributed by atoms with Gasteiger partial charge >= 0.3 is 0 Å². The van der Waals surface area contributed by atoms with Crippen molar-refractivity contribution >= 4 is 29.1 Å². The third-order valence-electron chi connectivity index (χ3n) is 7.54. The van der Waals surface area contributed by atoms with Gasteiger partial charge in [-0.2, -0.15) is 0 Å². The fourth-order valence-electron chi connectivity index (χ4n) is 5.27. The number of amides is 1. The van der Waals surface area contributed by atoms with Gasteiger partial charge in [0.15, 0.2) is 0 Å². The minimum absolute atomic E-state index is 0.0756. The van der Waals surface area contributed by atoms with Crippen molar-refractivity contribution in [2.24, 2.45) is 7.05 Å². The lowest BCUT2D eigenvalue weighted by molar-refractivity contribution is 0.0663. The number of anilines is 2. The van der Waals surface area contributed by atoms with Crippen molar-refractivity contribution in [3.8, 4) is 0 Å². The van der Waals surface area contributed by atoms with E-state index in [2.05, 4.69) is 55.2 Å². The van der Waals surface area contributed by atoms with E-state index in [1.807, 2.05) is 36.2 Å². The van der Waals surface area contributed by atoms with Crippen molar-refractivity contribution in [2.75, 3.05) is 55.6 Å². The number of hydrogen-bond donors (Lipinski definition) is 0. The summed E-state index contributed by atoms with van der Waals surface area (Å²) < 4.78 is 2.05. The van der Waals surface area contributed by atoms with Gasteiger partial charge in [0, 0.05) is 83.5 Å². The molecule has 0 unspecified atom stereocenters. The Balaban J connectivity index is 1.22. The third kappa shape index (κ3) is 4.92. The molecule has 3 aromatic rings. The molecule has 0 aliphatic carbocycles. The number of aromatic nitrogens is 3. The van der Waals surface area contributed by atoms with Gasteiger partial charge in [0.2, 0.25) is 5.95 Å². The highest BCUT2D eigenvalue weighted by atomic mass is 35.5. The molecule has 190 valence electrons. The monoisotopic (exact) mass is 507 g/mol. The Kier molecular flexibility index (Phi) is 7.16. The first-order valence-electron chi connectivity index (χ1n) is 12.6. The van der Waals surface area contributed by atoms with Crippen LogP contribution in [0.25, 0.3) is 0 Å². The van der Waals surface area contributed by atoms with Crippen molar-refractivity contribution in [1.29, 1.82) is 0 Å². The average Bonchev–Trinajstić information content (AvgIpc) is 3.18. The van der Waals surface area contributed by atoms with Crippen LogP contribution >= 0.6 is 11.6 Å². The lowest BCUT2D eigenvalue weighted by Crippen LogP contribution is -2.54. The van der Waals surface area contributed by atoms with Crippen LogP contribution in [0.2, 0.25) is 5.02 Å². The zero-order valence-electron chi connectivity index (χ0n) is 21.3. The maximum atomic E-state index is 13.6. The maximum absolute atomic E-state index is 13.6. The molecule has 0 radical (unpaired) electrons. The van der Waals surface area contributed by atoms with Crippen LogP contribution in [-0.2, 0) is 13.6 Å². The molecule has 9 heteroatoms. The fraction of sp³-hybridized carbons (Fsp3) is 0.444.